The van der Waals surface area contributed by atoms with Crippen LogP contribution in [-0.4, -0.2) is 63.4 Å². The third-order valence-electron chi connectivity index (χ3n) is 7.78. The maximum atomic E-state index is 13.6. The maximum absolute atomic E-state index is 13.6. The molecule has 2 aromatic rings. The molecule has 3 N–H and O–H groups in total. The highest BCUT2D eigenvalue weighted by atomic mass is 32.1. The van der Waals surface area contributed by atoms with E-state index in [9.17, 15) is 9.59 Å². The number of hydrogen-bond acceptors (Lipinski definition) is 6. The molecule has 2 amide bonds. The van der Waals surface area contributed by atoms with Crippen LogP contribution in [0, 0.1) is 6.92 Å². The van der Waals surface area contributed by atoms with Gasteiger partial charge >= 0.3 is 0 Å². The predicted octanol–water partition coefficient (Wildman–Crippen LogP) is 3.48. The van der Waals surface area contributed by atoms with Gasteiger partial charge in [0.25, 0.3) is 5.91 Å². The highest BCUT2D eigenvalue weighted by Crippen LogP contribution is 2.36. The molecule has 1 aliphatic heterocycles. The molecule has 0 spiro atoms. The molecular formula is C27H37N5O2S. The standard InChI is InChI=1S/C27H37N5O2S/c1-18-4-11-24(35-18)17-32(22-9-10-22)23-12-14-31(27(34)19-3-2-13-29-16-19)25(15-23)26(33)30-21-7-5-20(28)6-8-21/h2-4,11,13,16,20-23,25H,5-10,12,14-15,17,28H2,1H3,(H,30,33)/t20?,21?,23?,25-/m1/s1. The van der Waals surface area contributed by atoms with Gasteiger partial charge in [0.05, 0.1) is 5.56 Å². The summed E-state index contributed by atoms with van der Waals surface area (Å²) in [6.45, 7) is 3.66. The van der Waals surface area contributed by atoms with Crippen LogP contribution in [0.3, 0.4) is 0 Å². The molecule has 0 aromatic carbocycles. The number of rotatable bonds is 7. The number of nitrogens with zero attached hydrogens (tertiary/aromatic N) is 3. The molecule has 188 valence electrons. The number of carbonyl (C=O) groups excluding carboxylic acids is 2. The van der Waals surface area contributed by atoms with Crippen LogP contribution in [0.25, 0.3) is 0 Å². The summed E-state index contributed by atoms with van der Waals surface area (Å²) in [5.41, 5.74) is 6.61. The Bertz CT molecular complexity index is 1020. The zero-order valence-electron chi connectivity index (χ0n) is 20.6. The van der Waals surface area contributed by atoms with Crippen molar-refractivity contribution in [3.05, 3.63) is 52.0 Å². The first-order valence-corrected chi connectivity index (χ1v) is 13.9. The van der Waals surface area contributed by atoms with E-state index in [1.54, 1.807) is 29.4 Å². The van der Waals surface area contributed by atoms with Crippen LogP contribution in [0.5, 0.6) is 0 Å². The first kappa shape index (κ1) is 24.4. The minimum Gasteiger partial charge on any atom is -0.352 e. The second-order valence-electron chi connectivity index (χ2n) is 10.5. The van der Waals surface area contributed by atoms with Crippen LogP contribution in [-0.2, 0) is 11.3 Å². The molecule has 1 unspecified atom stereocenters. The van der Waals surface area contributed by atoms with Crippen LogP contribution < -0.4 is 11.1 Å². The van der Waals surface area contributed by atoms with Crippen LogP contribution in [0.4, 0.5) is 0 Å². The minimum absolute atomic E-state index is 0.0184. The van der Waals surface area contributed by atoms with Gasteiger partial charge in [-0.3, -0.25) is 19.5 Å². The Balaban J connectivity index is 1.34. The predicted molar refractivity (Wildman–Crippen MR) is 138 cm³/mol. The van der Waals surface area contributed by atoms with Crippen molar-refractivity contribution >= 4 is 23.2 Å². The third kappa shape index (κ3) is 5.93. The molecule has 2 atom stereocenters. The lowest BCUT2D eigenvalue weighted by molar-refractivity contribution is -0.128. The Morgan fingerprint density at radius 2 is 1.91 bits per heavy atom. The van der Waals surface area contributed by atoms with Crippen LogP contribution in [0.2, 0.25) is 0 Å². The molecule has 2 aromatic heterocycles. The van der Waals surface area contributed by atoms with E-state index in [1.165, 1.54) is 22.6 Å². The second-order valence-corrected chi connectivity index (χ2v) is 11.8. The summed E-state index contributed by atoms with van der Waals surface area (Å²) in [6, 6.07) is 8.77. The van der Waals surface area contributed by atoms with Gasteiger partial charge in [-0.15, -0.1) is 11.3 Å². The van der Waals surface area contributed by atoms with E-state index in [0.717, 1.165) is 38.6 Å². The molecule has 3 heterocycles. The highest BCUT2D eigenvalue weighted by molar-refractivity contribution is 7.11. The highest BCUT2D eigenvalue weighted by Gasteiger charge is 2.42. The van der Waals surface area contributed by atoms with E-state index in [1.807, 2.05) is 11.3 Å². The average Bonchev–Trinajstić information content (AvgIpc) is 3.64. The number of aryl methyl sites for hydroxylation is 1. The number of carbonyl (C=O) groups is 2. The van der Waals surface area contributed by atoms with Crippen molar-refractivity contribution in [1.29, 1.82) is 0 Å². The maximum Gasteiger partial charge on any atom is 0.256 e. The lowest BCUT2D eigenvalue weighted by Crippen LogP contribution is -2.58. The summed E-state index contributed by atoms with van der Waals surface area (Å²) in [7, 11) is 0. The Hall–Kier alpha value is -2.29. The van der Waals surface area contributed by atoms with Gasteiger partial charge < -0.3 is 16.0 Å². The van der Waals surface area contributed by atoms with Crippen molar-refractivity contribution in [2.24, 2.45) is 5.73 Å². The average molecular weight is 496 g/mol. The molecule has 35 heavy (non-hydrogen) atoms. The molecule has 3 fully saturated rings. The molecule has 8 heteroatoms. The molecule has 0 radical (unpaired) electrons. The Labute approximate surface area is 212 Å². The Morgan fingerprint density at radius 3 is 2.57 bits per heavy atom. The largest absolute Gasteiger partial charge is 0.352 e. The summed E-state index contributed by atoms with van der Waals surface area (Å²) in [4.78, 5) is 38.3. The number of aromatic nitrogens is 1. The van der Waals surface area contributed by atoms with E-state index in [4.69, 9.17) is 5.73 Å². The van der Waals surface area contributed by atoms with E-state index in [-0.39, 0.29) is 23.9 Å². The molecule has 2 saturated carbocycles. The number of likely N-dealkylation sites (tertiary alicyclic amines) is 1. The van der Waals surface area contributed by atoms with Gasteiger partial charge in [0.1, 0.15) is 6.04 Å². The van der Waals surface area contributed by atoms with Gasteiger partial charge in [-0.05, 0) is 82.6 Å². The van der Waals surface area contributed by atoms with Crippen molar-refractivity contribution in [1.82, 2.24) is 20.1 Å². The van der Waals surface area contributed by atoms with E-state index in [0.29, 0.717) is 30.6 Å². The number of pyridine rings is 1. The lowest BCUT2D eigenvalue weighted by Gasteiger charge is -2.43. The monoisotopic (exact) mass is 495 g/mol. The van der Waals surface area contributed by atoms with Crippen molar-refractivity contribution in [3.63, 3.8) is 0 Å². The minimum atomic E-state index is -0.469. The van der Waals surface area contributed by atoms with Crippen molar-refractivity contribution in [2.45, 2.75) is 95.0 Å². The summed E-state index contributed by atoms with van der Waals surface area (Å²) in [6.07, 6.45) is 11.0. The van der Waals surface area contributed by atoms with Crippen molar-refractivity contribution < 1.29 is 9.59 Å². The third-order valence-corrected chi connectivity index (χ3v) is 8.77. The van der Waals surface area contributed by atoms with Crippen LogP contribution in [0.1, 0.15) is 71.5 Å². The molecule has 1 saturated heterocycles. The van der Waals surface area contributed by atoms with Gasteiger partial charge in [0, 0.05) is 59.4 Å². The van der Waals surface area contributed by atoms with Crippen molar-refractivity contribution in [2.75, 3.05) is 6.54 Å². The summed E-state index contributed by atoms with van der Waals surface area (Å²) >= 11 is 1.86. The van der Waals surface area contributed by atoms with Gasteiger partial charge in [-0.25, -0.2) is 0 Å². The van der Waals surface area contributed by atoms with Crippen LogP contribution >= 0.6 is 11.3 Å². The normalized spacial score (nSPS) is 27.1. The van der Waals surface area contributed by atoms with Crippen LogP contribution in [0.15, 0.2) is 36.7 Å². The fourth-order valence-corrected chi connectivity index (χ4v) is 6.57. The van der Waals surface area contributed by atoms with E-state index in [2.05, 4.69) is 34.3 Å². The number of piperidine rings is 1. The summed E-state index contributed by atoms with van der Waals surface area (Å²) in [5.74, 6) is -0.121. The number of amides is 2. The molecule has 7 nitrogen and oxygen atoms in total. The topological polar surface area (TPSA) is 91.6 Å². The second kappa shape index (κ2) is 10.8. The lowest BCUT2D eigenvalue weighted by atomic mass is 9.90. The fraction of sp³-hybridized carbons (Fsp3) is 0.593. The molecule has 5 rings (SSSR count). The number of thiophene rings is 1. The molecular weight excluding hydrogens is 458 g/mol. The molecule has 3 aliphatic rings. The van der Waals surface area contributed by atoms with Gasteiger partial charge in [-0.1, -0.05) is 0 Å². The smallest absolute Gasteiger partial charge is 0.256 e. The van der Waals surface area contributed by atoms with E-state index < -0.39 is 6.04 Å². The summed E-state index contributed by atoms with van der Waals surface area (Å²) in [5, 5.41) is 3.28. The quantitative estimate of drug-likeness (QED) is 0.614. The Morgan fingerprint density at radius 1 is 1.11 bits per heavy atom. The van der Waals surface area contributed by atoms with Crippen molar-refractivity contribution in [3.8, 4) is 0 Å². The first-order chi connectivity index (χ1) is 17.0. The SMILES string of the molecule is Cc1ccc(CN(C2CC2)C2CCN(C(=O)c3cccnc3)[C@@H](C(=O)NC3CCC(N)CC3)C2)s1. The summed E-state index contributed by atoms with van der Waals surface area (Å²) < 4.78 is 0. The molecule has 0 bridgehead atoms. The molecule has 2 aliphatic carbocycles. The number of nitrogens with two attached hydrogens (primary N) is 1. The first-order valence-electron chi connectivity index (χ1n) is 13.1. The fourth-order valence-electron chi connectivity index (χ4n) is 5.67. The van der Waals surface area contributed by atoms with Gasteiger partial charge in [0.2, 0.25) is 5.91 Å². The van der Waals surface area contributed by atoms with Gasteiger partial charge in [-0.2, -0.15) is 0 Å². The number of hydrogen-bond donors (Lipinski definition) is 2. The van der Waals surface area contributed by atoms with E-state index >= 15 is 0 Å². The zero-order valence-corrected chi connectivity index (χ0v) is 21.4. The number of nitrogens with one attached hydrogen (secondary N) is 1. The van der Waals surface area contributed by atoms with Gasteiger partial charge in [0.15, 0.2) is 0 Å². The Kier molecular flexibility index (Phi) is 7.51. The zero-order chi connectivity index (χ0) is 24.4.